The number of nitrogens with one attached hydrogen (secondary N) is 2. The first-order valence-electron chi connectivity index (χ1n) is 11.4. The molecule has 0 radical (unpaired) electrons. The number of para-hydroxylation sites is 2. The van der Waals surface area contributed by atoms with Crippen LogP contribution in [-0.2, 0) is 0 Å². The second-order valence-electron chi connectivity index (χ2n) is 8.43. The highest BCUT2D eigenvalue weighted by Gasteiger charge is 2.05. The molecule has 4 heteroatoms. The molecular weight excluding hydrogens is 416 g/mol. The Morgan fingerprint density at radius 3 is 1.38 bits per heavy atom. The summed E-state index contributed by atoms with van der Waals surface area (Å²) >= 11 is 0. The van der Waals surface area contributed by atoms with Crippen LogP contribution >= 0.6 is 0 Å². The number of aryl methyl sites for hydroxylation is 2. The Hall–Kier alpha value is -4.18. The van der Waals surface area contributed by atoms with Crippen LogP contribution in [0.25, 0.3) is 23.5 Å². The van der Waals surface area contributed by atoms with E-state index in [9.17, 15) is 0 Å². The van der Waals surface area contributed by atoms with Gasteiger partial charge in [-0.2, -0.15) is 0 Å². The molecule has 2 aromatic heterocycles. The molecular formula is C30H30N4. The fourth-order valence-electron chi connectivity index (χ4n) is 3.72. The van der Waals surface area contributed by atoms with Crippen LogP contribution in [0.5, 0.6) is 0 Å². The normalized spacial score (nSPS) is 11.9. The van der Waals surface area contributed by atoms with Gasteiger partial charge in [-0.1, -0.05) is 48.5 Å². The summed E-state index contributed by atoms with van der Waals surface area (Å²) in [5.41, 5.74) is 10.1. The minimum atomic E-state index is 0.845. The fraction of sp³-hybridized carbons (Fsp3) is 0.133. The molecule has 2 N–H and O–H groups in total. The lowest BCUT2D eigenvalue weighted by Gasteiger charge is -2.10. The van der Waals surface area contributed by atoms with E-state index in [0.29, 0.717) is 0 Å². The van der Waals surface area contributed by atoms with Crippen LogP contribution in [0.15, 0.2) is 96.3 Å². The molecule has 4 aromatic rings. The van der Waals surface area contributed by atoms with Gasteiger partial charge in [0.05, 0.1) is 22.8 Å². The topological polar surface area (TPSA) is 49.8 Å². The van der Waals surface area contributed by atoms with Gasteiger partial charge in [0.15, 0.2) is 0 Å². The SMILES string of the molecule is C/C(=C\c1cccc(-c2cccc(/C=C(\C)Nc3ccccc3C)n2)n1)Nc1ccccc1C. The van der Waals surface area contributed by atoms with E-state index < -0.39 is 0 Å². The van der Waals surface area contributed by atoms with E-state index in [0.717, 1.165) is 45.5 Å². The number of anilines is 2. The Labute approximate surface area is 202 Å². The van der Waals surface area contributed by atoms with Gasteiger partial charge in [0.25, 0.3) is 0 Å². The van der Waals surface area contributed by atoms with E-state index in [-0.39, 0.29) is 0 Å². The Morgan fingerprint density at radius 1 is 0.559 bits per heavy atom. The molecule has 4 nitrogen and oxygen atoms in total. The molecule has 0 saturated carbocycles. The summed E-state index contributed by atoms with van der Waals surface area (Å²) in [6.07, 6.45) is 4.10. The molecule has 0 atom stereocenters. The average molecular weight is 447 g/mol. The molecule has 0 bridgehead atoms. The quantitative estimate of drug-likeness (QED) is 0.305. The lowest BCUT2D eigenvalue weighted by atomic mass is 10.2. The summed E-state index contributed by atoms with van der Waals surface area (Å²) in [6.45, 7) is 8.29. The summed E-state index contributed by atoms with van der Waals surface area (Å²) in [7, 11) is 0. The second kappa shape index (κ2) is 10.6. The Morgan fingerprint density at radius 2 is 0.971 bits per heavy atom. The molecule has 0 unspecified atom stereocenters. The van der Waals surface area contributed by atoms with Crippen molar-refractivity contribution in [2.75, 3.05) is 10.6 Å². The number of pyridine rings is 2. The minimum absolute atomic E-state index is 0.845. The Kier molecular flexibility index (Phi) is 7.19. The molecule has 2 heterocycles. The maximum atomic E-state index is 4.83. The van der Waals surface area contributed by atoms with E-state index in [1.165, 1.54) is 11.1 Å². The van der Waals surface area contributed by atoms with Crippen LogP contribution in [-0.4, -0.2) is 9.97 Å². The minimum Gasteiger partial charge on any atom is -0.359 e. The molecule has 0 aliphatic heterocycles. The fourth-order valence-corrected chi connectivity index (χ4v) is 3.72. The molecule has 0 spiro atoms. The highest BCUT2D eigenvalue weighted by atomic mass is 14.9. The lowest BCUT2D eigenvalue weighted by molar-refractivity contribution is 1.21. The smallest absolute Gasteiger partial charge is 0.0893 e. The predicted molar refractivity (Wildman–Crippen MR) is 144 cm³/mol. The van der Waals surface area contributed by atoms with Crippen LogP contribution in [0.3, 0.4) is 0 Å². The molecule has 0 aliphatic carbocycles. The number of hydrogen-bond donors (Lipinski definition) is 2. The van der Waals surface area contributed by atoms with E-state index in [2.05, 4.69) is 74.7 Å². The van der Waals surface area contributed by atoms with Crippen molar-refractivity contribution >= 4 is 23.5 Å². The van der Waals surface area contributed by atoms with Gasteiger partial charge in [-0.3, -0.25) is 0 Å². The van der Waals surface area contributed by atoms with Gasteiger partial charge in [0, 0.05) is 22.8 Å². The van der Waals surface area contributed by atoms with Crippen LogP contribution in [0, 0.1) is 13.8 Å². The molecule has 0 fully saturated rings. The van der Waals surface area contributed by atoms with Crippen molar-refractivity contribution in [2.45, 2.75) is 27.7 Å². The highest BCUT2D eigenvalue weighted by molar-refractivity contribution is 5.64. The number of aromatic nitrogens is 2. The summed E-state index contributed by atoms with van der Waals surface area (Å²) < 4.78 is 0. The highest BCUT2D eigenvalue weighted by Crippen LogP contribution is 2.20. The second-order valence-corrected chi connectivity index (χ2v) is 8.43. The number of hydrogen-bond acceptors (Lipinski definition) is 4. The molecule has 0 saturated heterocycles. The van der Waals surface area contributed by atoms with Crippen LogP contribution < -0.4 is 10.6 Å². The Bertz CT molecular complexity index is 1250. The largest absolute Gasteiger partial charge is 0.359 e. The van der Waals surface area contributed by atoms with Crippen molar-refractivity contribution in [3.8, 4) is 11.4 Å². The maximum Gasteiger partial charge on any atom is 0.0893 e. The third kappa shape index (κ3) is 5.99. The first-order valence-corrected chi connectivity index (χ1v) is 11.4. The van der Waals surface area contributed by atoms with Gasteiger partial charge in [-0.05, 0) is 87.4 Å². The van der Waals surface area contributed by atoms with Gasteiger partial charge in [-0.25, -0.2) is 9.97 Å². The summed E-state index contributed by atoms with van der Waals surface area (Å²) in [5.74, 6) is 0. The van der Waals surface area contributed by atoms with E-state index in [1.54, 1.807) is 0 Å². The van der Waals surface area contributed by atoms with Crippen molar-refractivity contribution in [2.24, 2.45) is 0 Å². The van der Waals surface area contributed by atoms with Gasteiger partial charge in [-0.15, -0.1) is 0 Å². The third-order valence-corrected chi connectivity index (χ3v) is 5.49. The van der Waals surface area contributed by atoms with Gasteiger partial charge >= 0.3 is 0 Å². The van der Waals surface area contributed by atoms with Crippen molar-refractivity contribution < 1.29 is 0 Å². The zero-order chi connectivity index (χ0) is 23.9. The summed E-state index contributed by atoms with van der Waals surface area (Å²) in [6, 6.07) is 28.5. The van der Waals surface area contributed by atoms with Gasteiger partial charge in [0.1, 0.15) is 0 Å². The average Bonchev–Trinajstić information content (AvgIpc) is 2.82. The number of benzene rings is 2. The standard InChI is InChI=1S/C30H30N4/c1-21-11-5-7-15-27(21)31-23(3)19-25-13-9-17-29(33-25)30-18-10-14-26(34-30)20-24(4)32-28-16-8-6-12-22(28)2/h5-20,31-32H,1-4H3/b23-19+,24-20+. The molecule has 4 rings (SSSR count). The van der Waals surface area contributed by atoms with Crippen molar-refractivity contribution in [3.63, 3.8) is 0 Å². The Balaban J connectivity index is 1.53. The zero-order valence-corrected chi connectivity index (χ0v) is 20.1. The molecule has 34 heavy (non-hydrogen) atoms. The van der Waals surface area contributed by atoms with Crippen LogP contribution in [0.4, 0.5) is 11.4 Å². The zero-order valence-electron chi connectivity index (χ0n) is 20.1. The predicted octanol–water partition coefficient (Wildman–Crippen LogP) is 7.71. The van der Waals surface area contributed by atoms with Crippen molar-refractivity contribution in [1.29, 1.82) is 0 Å². The monoisotopic (exact) mass is 446 g/mol. The van der Waals surface area contributed by atoms with Gasteiger partial charge in [0.2, 0.25) is 0 Å². The maximum absolute atomic E-state index is 4.83. The molecule has 0 amide bonds. The van der Waals surface area contributed by atoms with E-state index in [4.69, 9.17) is 9.97 Å². The molecule has 0 aliphatic rings. The molecule has 170 valence electrons. The number of rotatable bonds is 7. The first-order chi connectivity index (χ1) is 16.5. The van der Waals surface area contributed by atoms with Crippen LogP contribution in [0.1, 0.15) is 36.4 Å². The summed E-state index contributed by atoms with van der Waals surface area (Å²) in [4.78, 5) is 9.66. The number of nitrogens with zero attached hydrogens (tertiary/aromatic N) is 2. The number of allylic oxidation sites excluding steroid dienone is 2. The third-order valence-electron chi connectivity index (χ3n) is 5.49. The van der Waals surface area contributed by atoms with Crippen LogP contribution in [0.2, 0.25) is 0 Å². The lowest BCUT2D eigenvalue weighted by Crippen LogP contribution is -1.99. The molecule has 2 aromatic carbocycles. The van der Waals surface area contributed by atoms with Gasteiger partial charge < -0.3 is 10.6 Å². The van der Waals surface area contributed by atoms with Crippen molar-refractivity contribution in [1.82, 2.24) is 9.97 Å². The van der Waals surface area contributed by atoms with E-state index >= 15 is 0 Å². The van der Waals surface area contributed by atoms with E-state index in [1.807, 2.05) is 60.7 Å². The first kappa shape index (κ1) is 23.0. The van der Waals surface area contributed by atoms with Crippen molar-refractivity contribution in [3.05, 3.63) is 119 Å². The summed E-state index contributed by atoms with van der Waals surface area (Å²) in [5, 5.41) is 6.93.